The van der Waals surface area contributed by atoms with Crippen LogP contribution >= 0.6 is 12.2 Å². The predicted molar refractivity (Wildman–Crippen MR) is 112 cm³/mol. The fourth-order valence-electron chi connectivity index (χ4n) is 3.29. The van der Waals surface area contributed by atoms with Crippen molar-refractivity contribution in [3.63, 3.8) is 0 Å². The van der Waals surface area contributed by atoms with Crippen molar-refractivity contribution in [1.82, 2.24) is 4.90 Å². The Labute approximate surface area is 167 Å². The highest BCUT2D eigenvalue weighted by Gasteiger charge is 2.25. The molecule has 1 heterocycles. The van der Waals surface area contributed by atoms with E-state index in [0.717, 1.165) is 29.2 Å². The van der Waals surface area contributed by atoms with Gasteiger partial charge in [-0.2, -0.15) is 0 Å². The summed E-state index contributed by atoms with van der Waals surface area (Å²) in [7, 11) is 1.65. The number of hydrogen-bond acceptors (Lipinski definition) is 4. The van der Waals surface area contributed by atoms with Gasteiger partial charge in [0.25, 0.3) is 0 Å². The van der Waals surface area contributed by atoms with Gasteiger partial charge in [0.2, 0.25) is 0 Å². The van der Waals surface area contributed by atoms with Gasteiger partial charge in [-0.25, -0.2) is 0 Å². The molecule has 3 rings (SSSR count). The Morgan fingerprint density at radius 1 is 1.07 bits per heavy atom. The molecule has 0 N–H and O–H groups in total. The van der Waals surface area contributed by atoms with E-state index in [-0.39, 0.29) is 12.2 Å². The topological polar surface area (TPSA) is 30.9 Å². The van der Waals surface area contributed by atoms with Gasteiger partial charge in [-0.1, -0.05) is 42.0 Å². The predicted octanol–water partition coefficient (Wildman–Crippen LogP) is 4.37. The third kappa shape index (κ3) is 4.99. The van der Waals surface area contributed by atoms with E-state index in [1.165, 1.54) is 5.56 Å². The molecule has 4 nitrogen and oxygen atoms in total. The maximum atomic E-state index is 5.97. The molecule has 2 aromatic rings. The molecule has 0 saturated carbocycles. The van der Waals surface area contributed by atoms with E-state index in [1.807, 2.05) is 18.2 Å². The summed E-state index contributed by atoms with van der Waals surface area (Å²) < 4.78 is 17.3. The summed E-state index contributed by atoms with van der Waals surface area (Å²) in [5.74, 6) is 1.41. The summed E-state index contributed by atoms with van der Waals surface area (Å²) in [4.78, 5) is 3.02. The van der Waals surface area contributed by atoms with Crippen molar-refractivity contribution in [3.05, 3.63) is 59.2 Å². The summed E-state index contributed by atoms with van der Waals surface area (Å²) in [5.41, 5.74) is 3.32. The summed E-state index contributed by atoms with van der Waals surface area (Å²) in [6, 6.07) is 14.2. The van der Waals surface area contributed by atoms with Gasteiger partial charge in [-0.05, 0) is 44.5 Å². The first-order valence-corrected chi connectivity index (χ1v) is 9.68. The molecule has 1 saturated heterocycles. The van der Waals surface area contributed by atoms with Crippen LogP contribution in [-0.4, -0.2) is 42.3 Å². The largest absolute Gasteiger partial charge is 0.493 e. The van der Waals surface area contributed by atoms with Gasteiger partial charge in [-0.15, -0.1) is 0 Å². The first-order chi connectivity index (χ1) is 13.0. The van der Waals surface area contributed by atoms with E-state index < -0.39 is 0 Å². The number of thiocarbonyl (C=S) groups is 1. The second-order valence-corrected chi connectivity index (χ2v) is 7.49. The Kier molecular flexibility index (Phi) is 6.34. The Bertz CT molecular complexity index is 781. The van der Waals surface area contributed by atoms with Gasteiger partial charge in [0.1, 0.15) is 11.6 Å². The van der Waals surface area contributed by atoms with Crippen molar-refractivity contribution in [3.8, 4) is 11.5 Å². The van der Waals surface area contributed by atoms with Crippen LogP contribution in [0.2, 0.25) is 0 Å². The molecule has 2 aromatic carbocycles. The Balaban J connectivity index is 1.71. The molecule has 0 aliphatic carbocycles. The number of hydrogen-bond donors (Lipinski definition) is 0. The number of rotatable bonds is 5. The van der Waals surface area contributed by atoms with E-state index in [2.05, 4.69) is 49.9 Å². The van der Waals surface area contributed by atoms with Gasteiger partial charge in [0.15, 0.2) is 11.5 Å². The van der Waals surface area contributed by atoms with Gasteiger partial charge >= 0.3 is 0 Å². The van der Waals surface area contributed by atoms with E-state index >= 15 is 0 Å². The monoisotopic (exact) mass is 385 g/mol. The van der Waals surface area contributed by atoms with Crippen LogP contribution in [0.15, 0.2) is 42.5 Å². The van der Waals surface area contributed by atoms with Crippen LogP contribution < -0.4 is 9.47 Å². The molecule has 1 aliphatic heterocycles. The molecule has 5 heteroatoms. The molecule has 27 heavy (non-hydrogen) atoms. The second-order valence-electron chi connectivity index (χ2n) is 7.11. The van der Waals surface area contributed by atoms with Crippen LogP contribution in [0.25, 0.3) is 0 Å². The zero-order valence-corrected chi connectivity index (χ0v) is 17.2. The van der Waals surface area contributed by atoms with Gasteiger partial charge < -0.3 is 19.1 Å². The van der Waals surface area contributed by atoms with Crippen LogP contribution in [0.1, 0.15) is 30.5 Å². The standard InChI is InChI=1S/C22H27NO3S/c1-15-5-7-18(8-6-15)14-25-20-10-9-19(11-21(20)24-4)22(27)23-12-16(2)26-17(3)13-23/h5-11,16-17H,12-14H2,1-4H3/t16-,17+. The second kappa shape index (κ2) is 8.72. The third-order valence-electron chi connectivity index (χ3n) is 4.63. The molecule has 0 bridgehead atoms. The third-order valence-corrected chi connectivity index (χ3v) is 5.13. The molecule has 0 spiro atoms. The minimum absolute atomic E-state index is 0.172. The van der Waals surface area contributed by atoms with E-state index in [9.17, 15) is 0 Å². The minimum atomic E-state index is 0.172. The van der Waals surface area contributed by atoms with Crippen LogP contribution in [0.3, 0.4) is 0 Å². The number of methoxy groups -OCH3 is 1. The lowest BCUT2D eigenvalue weighted by Gasteiger charge is -2.37. The van der Waals surface area contributed by atoms with Crippen molar-refractivity contribution >= 4 is 17.2 Å². The minimum Gasteiger partial charge on any atom is -0.493 e. The lowest BCUT2D eigenvalue weighted by Crippen LogP contribution is -2.47. The van der Waals surface area contributed by atoms with E-state index in [0.29, 0.717) is 18.1 Å². The average molecular weight is 386 g/mol. The van der Waals surface area contributed by atoms with Crippen LogP contribution in [0, 0.1) is 6.92 Å². The highest BCUT2D eigenvalue weighted by atomic mass is 32.1. The summed E-state index contributed by atoms with van der Waals surface area (Å²) in [6.07, 6.45) is 0.344. The number of ether oxygens (including phenoxy) is 3. The van der Waals surface area contributed by atoms with Crippen molar-refractivity contribution in [2.24, 2.45) is 0 Å². The Morgan fingerprint density at radius 3 is 2.37 bits per heavy atom. The molecule has 0 aromatic heterocycles. The zero-order chi connectivity index (χ0) is 19.4. The van der Waals surface area contributed by atoms with Crippen LogP contribution in [0.5, 0.6) is 11.5 Å². The molecule has 0 unspecified atom stereocenters. The van der Waals surface area contributed by atoms with Crippen molar-refractivity contribution in [2.45, 2.75) is 39.6 Å². The molecule has 1 aliphatic rings. The molecular weight excluding hydrogens is 358 g/mol. The quantitative estimate of drug-likeness (QED) is 0.714. The zero-order valence-electron chi connectivity index (χ0n) is 16.4. The maximum absolute atomic E-state index is 5.97. The number of morpholine rings is 1. The van der Waals surface area contributed by atoms with Crippen LogP contribution in [-0.2, 0) is 11.3 Å². The van der Waals surface area contributed by atoms with E-state index in [1.54, 1.807) is 7.11 Å². The first-order valence-electron chi connectivity index (χ1n) is 9.27. The van der Waals surface area contributed by atoms with Crippen LogP contribution in [0.4, 0.5) is 0 Å². The van der Waals surface area contributed by atoms with Crippen molar-refractivity contribution < 1.29 is 14.2 Å². The molecule has 1 fully saturated rings. The maximum Gasteiger partial charge on any atom is 0.161 e. The van der Waals surface area contributed by atoms with Crippen molar-refractivity contribution in [2.75, 3.05) is 20.2 Å². The SMILES string of the molecule is COc1cc(C(=S)N2C[C@@H](C)O[C@@H](C)C2)ccc1OCc1ccc(C)cc1. The Hall–Kier alpha value is -2.11. The summed E-state index contributed by atoms with van der Waals surface area (Å²) >= 11 is 5.72. The van der Waals surface area contributed by atoms with Crippen molar-refractivity contribution in [1.29, 1.82) is 0 Å². The van der Waals surface area contributed by atoms with E-state index in [4.69, 9.17) is 26.4 Å². The summed E-state index contributed by atoms with van der Waals surface area (Å²) in [5, 5.41) is 0. The first kappa shape index (κ1) is 19.6. The fourth-order valence-corrected chi connectivity index (χ4v) is 3.57. The Morgan fingerprint density at radius 2 is 1.74 bits per heavy atom. The highest BCUT2D eigenvalue weighted by Crippen LogP contribution is 2.30. The summed E-state index contributed by atoms with van der Waals surface area (Å²) in [6.45, 7) is 8.33. The normalized spacial score (nSPS) is 19.6. The molecule has 0 radical (unpaired) electrons. The van der Waals surface area contributed by atoms with Gasteiger partial charge in [0, 0.05) is 18.7 Å². The number of benzene rings is 2. The van der Waals surface area contributed by atoms with Gasteiger partial charge in [0.05, 0.1) is 19.3 Å². The fraction of sp³-hybridized carbons (Fsp3) is 0.409. The highest BCUT2D eigenvalue weighted by molar-refractivity contribution is 7.80. The lowest BCUT2D eigenvalue weighted by atomic mass is 10.1. The smallest absolute Gasteiger partial charge is 0.161 e. The molecule has 144 valence electrons. The lowest BCUT2D eigenvalue weighted by molar-refractivity contribution is -0.0472. The number of nitrogens with zero attached hydrogens (tertiary/aromatic N) is 1. The van der Waals surface area contributed by atoms with Gasteiger partial charge in [-0.3, -0.25) is 0 Å². The molecule has 0 amide bonds. The number of aryl methyl sites for hydroxylation is 1. The molecule has 2 atom stereocenters. The average Bonchev–Trinajstić information content (AvgIpc) is 2.66. The molecular formula is C22H27NO3S.